The number of methoxy groups -OCH3 is 1. The largest absolute Gasteiger partial charge is 0.497 e. The zero-order chi connectivity index (χ0) is 14.5. The first kappa shape index (κ1) is 13.3. The van der Waals surface area contributed by atoms with Crippen LogP contribution in [0.5, 0.6) is 5.75 Å². The van der Waals surface area contributed by atoms with Crippen LogP contribution in [0.3, 0.4) is 0 Å². The number of ether oxygens (including phenoxy) is 1. The number of hydrogen-bond donors (Lipinski definition) is 0. The van der Waals surface area contributed by atoms with E-state index in [1.54, 1.807) is 22.7 Å². The molecule has 0 fully saturated rings. The van der Waals surface area contributed by atoms with Crippen molar-refractivity contribution in [3.05, 3.63) is 54.1 Å². The Kier molecular flexibility index (Phi) is 3.90. The van der Waals surface area contributed by atoms with Crippen LogP contribution >= 0.6 is 0 Å². The molecule has 21 heavy (non-hydrogen) atoms. The molecule has 0 N–H and O–H groups in total. The highest BCUT2D eigenvalue weighted by Gasteiger charge is 2.07. The molecule has 7 heteroatoms. The molecule has 0 radical (unpaired) electrons. The molecule has 2 heterocycles. The lowest BCUT2D eigenvalue weighted by molar-refractivity contribution is 0.414. The van der Waals surface area contributed by atoms with Gasteiger partial charge in [-0.05, 0) is 40.6 Å². The van der Waals surface area contributed by atoms with Gasteiger partial charge in [-0.25, -0.2) is 4.68 Å². The standard InChI is InChI=1S/C14H16N6O/c1-21-13-5-2-4-12(10-13)6-9-20-14(16-17-18-20)11-19-8-3-7-15-19/h2-5,7-8,10H,6,9,11H2,1H3. The van der Waals surface area contributed by atoms with Gasteiger partial charge in [0.2, 0.25) is 0 Å². The third-order valence-corrected chi connectivity index (χ3v) is 3.22. The average Bonchev–Trinajstić information content (AvgIpc) is 3.18. The maximum absolute atomic E-state index is 5.23. The molecule has 1 aromatic carbocycles. The Morgan fingerprint density at radius 3 is 3.00 bits per heavy atom. The Morgan fingerprint density at radius 1 is 1.24 bits per heavy atom. The smallest absolute Gasteiger partial charge is 0.172 e. The van der Waals surface area contributed by atoms with E-state index in [-0.39, 0.29) is 0 Å². The summed E-state index contributed by atoms with van der Waals surface area (Å²) in [7, 11) is 1.67. The molecule has 3 rings (SSSR count). The van der Waals surface area contributed by atoms with Crippen LogP contribution in [0.25, 0.3) is 0 Å². The molecule has 3 aromatic rings. The number of rotatable bonds is 6. The van der Waals surface area contributed by atoms with Crippen molar-refractivity contribution < 1.29 is 4.74 Å². The third kappa shape index (κ3) is 3.25. The second kappa shape index (κ2) is 6.17. The summed E-state index contributed by atoms with van der Waals surface area (Å²) in [6.45, 7) is 1.29. The summed E-state index contributed by atoms with van der Waals surface area (Å²) in [6, 6.07) is 9.89. The van der Waals surface area contributed by atoms with Gasteiger partial charge in [0.15, 0.2) is 5.82 Å². The fourth-order valence-electron chi connectivity index (χ4n) is 2.11. The minimum atomic E-state index is 0.568. The Balaban J connectivity index is 1.66. The molecule has 2 aromatic heterocycles. The molecule has 0 saturated heterocycles. The molecule has 0 aliphatic rings. The zero-order valence-electron chi connectivity index (χ0n) is 11.8. The first-order valence-corrected chi connectivity index (χ1v) is 6.70. The minimum Gasteiger partial charge on any atom is -0.497 e. The molecule has 7 nitrogen and oxygen atoms in total. The highest BCUT2D eigenvalue weighted by Crippen LogP contribution is 2.13. The maximum Gasteiger partial charge on any atom is 0.172 e. The normalized spacial score (nSPS) is 10.7. The van der Waals surface area contributed by atoms with E-state index in [2.05, 4.69) is 26.7 Å². The fraction of sp³-hybridized carbons (Fsp3) is 0.286. The first-order valence-electron chi connectivity index (χ1n) is 6.70. The van der Waals surface area contributed by atoms with Gasteiger partial charge in [-0.3, -0.25) is 4.68 Å². The number of hydrogen-bond acceptors (Lipinski definition) is 5. The van der Waals surface area contributed by atoms with Crippen molar-refractivity contribution in [2.45, 2.75) is 19.5 Å². The molecule has 0 aliphatic carbocycles. The average molecular weight is 284 g/mol. The molecule has 0 saturated carbocycles. The van der Waals surface area contributed by atoms with E-state index in [1.807, 2.05) is 30.5 Å². The van der Waals surface area contributed by atoms with E-state index in [4.69, 9.17) is 4.74 Å². The third-order valence-electron chi connectivity index (χ3n) is 3.22. The van der Waals surface area contributed by atoms with Gasteiger partial charge in [-0.2, -0.15) is 5.10 Å². The topological polar surface area (TPSA) is 70.7 Å². The van der Waals surface area contributed by atoms with Crippen molar-refractivity contribution in [1.82, 2.24) is 30.0 Å². The van der Waals surface area contributed by atoms with Crippen LogP contribution < -0.4 is 4.74 Å². The summed E-state index contributed by atoms with van der Waals surface area (Å²) in [6.07, 6.45) is 4.47. The molecular weight excluding hydrogens is 268 g/mol. The molecule has 0 unspecified atom stereocenters. The SMILES string of the molecule is COc1cccc(CCn2nnnc2Cn2cccn2)c1. The number of benzene rings is 1. The van der Waals surface area contributed by atoms with Crippen molar-refractivity contribution in [1.29, 1.82) is 0 Å². The lowest BCUT2D eigenvalue weighted by atomic mass is 10.1. The molecular formula is C14H16N6O. The van der Waals surface area contributed by atoms with Gasteiger partial charge in [-0.1, -0.05) is 12.1 Å². The minimum absolute atomic E-state index is 0.568. The Morgan fingerprint density at radius 2 is 2.19 bits per heavy atom. The van der Waals surface area contributed by atoms with E-state index in [0.717, 1.165) is 24.5 Å². The summed E-state index contributed by atoms with van der Waals surface area (Å²) in [5, 5.41) is 16.0. The Labute approximate surface area is 122 Å². The molecule has 0 bridgehead atoms. The quantitative estimate of drug-likeness (QED) is 0.679. The predicted octanol–water partition coefficient (Wildman–Crippen LogP) is 1.17. The van der Waals surface area contributed by atoms with Gasteiger partial charge in [0, 0.05) is 18.9 Å². The van der Waals surface area contributed by atoms with Crippen LogP contribution in [0.4, 0.5) is 0 Å². The summed E-state index contributed by atoms with van der Waals surface area (Å²) in [5.41, 5.74) is 1.19. The van der Waals surface area contributed by atoms with Crippen molar-refractivity contribution in [2.24, 2.45) is 0 Å². The lowest BCUT2D eigenvalue weighted by Gasteiger charge is -2.06. The van der Waals surface area contributed by atoms with Gasteiger partial charge in [0.25, 0.3) is 0 Å². The Bertz CT molecular complexity index is 691. The van der Waals surface area contributed by atoms with Crippen LogP contribution in [0.1, 0.15) is 11.4 Å². The second-order valence-electron chi connectivity index (χ2n) is 4.62. The number of tetrazole rings is 1. The maximum atomic E-state index is 5.23. The lowest BCUT2D eigenvalue weighted by Crippen LogP contribution is -2.12. The second-order valence-corrected chi connectivity index (χ2v) is 4.62. The highest BCUT2D eigenvalue weighted by molar-refractivity contribution is 5.28. The van der Waals surface area contributed by atoms with Crippen LogP contribution in [-0.4, -0.2) is 37.1 Å². The number of aromatic nitrogens is 6. The molecule has 0 atom stereocenters. The van der Waals surface area contributed by atoms with Crippen LogP contribution in [0.15, 0.2) is 42.7 Å². The van der Waals surface area contributed by atoms with Gasteiger partial charge in [0.05, 0.1) is 7.11 Å². The van der Waals surface area contributed by atoms with Gasteiger partial charge >= 0.3 is 0 Å². The fourth-order valence-corrected chi connectivity index (χ4v) is 2.11. The first-order chi connectivity index (χ1) is 10.3. The molecule has 0 amide bonds. The Hall–Kier alpha value is -2.70. The highest BCUT2D eigenvalue weighted by atomic mass is 16.5. The molecule has 0 spiro atoms. The van der Waals surface area contributed by atoms with E-state index < -0.39 is 0 Å². The summed E-state index contributed by atoms with van der Waals surface area (Å²) in [5.74, 6) is 1.66. The van der Waals surface area contributed by atoms with E-state index >= 15 is 0 Å². The zero-order valence-corrected chi connectivity index (χ0v) is 11.8. The summed E-state index contributed by atoms with van der Waals surface area (Å²) < 4.78 is 8.83. The number of aryl methyl sites for hydroxylation is 2. The van der Waals surface area contributed by atoms with Gasteiger partial charge < -0.3 is 4.74 Å². The summed E-state index contributed by atoms with van der Waals surface area (Å²) in [4.78, 5) is 0. The predicted molar refractivity (Wildman–Crippen MR) is 75.8 cm³/mol. The number of nitrogens with zero attached hydrogens (tertiary/aromatic N) is 6. The summed E-state index contributed by atoms with van der Waals surface area (Å²) >= 11 is 0. The van der Waals surface area contributed by atoms with Crippen molar-refractivity contribution in [3.8, 4) is 5.75 Å². The van der Waals surface area contributed by atoms with E-state index in [1.165, 1.54) is 5.56 Å². The van der Waals surface area contributed by atoms with Crippen molar-refractivity contribution in [2.75, 3.05) is 7.11 Å². The van der Waals surface area contributed by atoms with Crippen LogP contribution in [-0.2, 0) is 19.5 Å². The van der Waals surface area contributed by atoms with E-state index in [0.29, 0.717) is 6.54 Å². The van der Waals surface area contributed by atoms with E-state index in [9.17, 15) is 0 Å². The van der Waals surface area contributed by atoms with Gasteiger partial charge in [0.1, 0.15) is 12.3 Å². The van der Waals surface area contributed by atoms with Crippen LogP contribution in [0.2, 0.25) is 0 Å². The molecule has 108 valence electrons. The van der Waals surface area contributed by atoms with Gasteiger partial charge in [-0.15, -0.1) is 5.10 Å². The van der Waals surface area contributed by atoms with Crippen LogP contribution in [0, 0.1) is 0 Å². The van der Waals surface area contributed by atoms with Crippen molar-refractivity contribution >= 4 is 0 Å². The molecule has 0 aliphatic heterocycles. The van der Waals surface area contributed by atoms with Crippen molar-refractivity contribution in [3.63, 3.8) is 0 Å². The monoisotopic (exact) mass is 284 g/mol.